The first-order chi connectivity index (χ1) is 11.4. The summed E-state index contributed by atoms with van der Waals surface area (Å²) in [4.78, 5) is 3.53. The van der Waals surface area contributed by atoms with Crippen molar-refractivity contribution in [1.82, 2.24) is 10.3 Å². The van der Waals surface area contributed by atoms with Gasteiger partial charge in [-0.05, 0) is 30.9 Å². The lowest BCUT2D eigenvalue weighted by molar-refractivity contribution is 0.563. The molecule has 5 nitrogen and oxygen atoms in total. The normalized spacial score (nSPS) is 19.6. The minimum atomic E-state index is -0.759. The van der Waals surface area contributed by atoms with Crippen LogP contribution in [-0.4, -0.2) is 23.7 Å². The molecule has 2 unspecified atom stereocenters. The summed E-state index contributed by atoms with van der Waals surface area (Å²) in [6.07, 6.45) is 8.66. The molecule has 0 spiro atoms. The number of allylic oxidation sites excluding steroid dienone is 2. The quantitative estimate of drug-likeness (QED) is 0.590. The van der Waals surface area contributed by atoms with E-state index in [0.29, 0.717) is 24.1 Å². The van der Waals surface area contributed by atoms with E-state index in [4.69, 9.17) is 17.2 Å². The summed E-state index contributed by atoms with van der Waals surface area (Å²) in [6, 6.07) is -0.266. The van der Waals surface area contributed by atoms with Gasteiger partial charge in [-0.1, -0.05) is 18.2 Å². The summed E-state index contributed by atoms with van der Waals surface area (Å²) in [5.41, 5.74) is 19.0. The first-order valence-electron chi connectivity index (χ1n) is 7.80. The third kappa shape index (κ3) is 4.25. The molecule has 0 aromatic carbocycles. The predicted octanol–water partition coefficient (Wildman–Crippen LogP) is 1.53. The van der Waals surface area contributed by atoms with E-state index in [1.807, 2.05) is 25.2 Å². The van der Waals surface area contributed by atoms with Gasteiger partial charge in [-0.2, -0.15) is 0 Å². The Bertz CT molecular complexity index is 659. The Balaban J connectivity index is 2.64. The number of halogens is 2. The molecule has 7 N–H and O–H groups in total. The molecule has 1 aromatic rings. The fourth-order valence-corrected chi connectivity index (χ4v) is 2.65. The zero-order valence-electron chi connectivity index (χ0n) is 13.6. The molecule has 0 saturated heterocycles. The third-order valence-corrected chi connectivity index (χ3v) is 3.69. The molecule has 0 radical (unpaired) electrons. The van der Waals surface area contributed by atoms with Crippen LogP contribution in [0.2, 0.25) is 0 Å². The van der Waals surface area contributed by atoms with E-state index in [9.17, 15) is 8.78 Å². The number of rotatable bonds is 6. The van der Waals surface area contributed by atoms with E-state index < -0.39 is 11.6 Å². The van der Waals surface area contributed by atoms with Gasteiger partial charge in [0, 0.05) is 12.1 Å². The van der Waals surface area contributed by atoms with Crippen LogP contribution in [0.4, 0.5) is 8.78 Å². The van der Waals surface area contributed by atoms with Crippen molar-refractivity contribution in [3.8, 4) is 0 Å². The van der Waals surface area contributed by atoms with Crippen LogP contribution >= 0.6 is 0 Å². The molecule has 1 heterocycles. The van der Waals surface area contributed by atoms with E-state index >= 15 is 0 Å². The van der Waals surface area contributed by atoms with E-state index in [-0.39, 0.29) is 24.3 Å². The number of aromatic nitrogens is 1. The molecule has 0 fully saturated rings. The molecule has 0 aliphatic heterocycles. The Labute approximate surface area is 140 Å². The van der Waals surface area contributed by atoms with Crippen LogP contribution in [0, 0.1) is 11.6 Å². The van der Waals surface area contributed by atoms with Crippen molar-refractivity contribution in [3.63, 3.8) is 0 Å². The Morgan fingerprint density at radius 3 is 2.54 bits per heavy atom. The first-order valence-corrected chi connectivity index (χ1v) is 7.80. The van der Waals surface area contributed by atoms with E-state index in [1.165, 1.54) is 0 Å². The van der Waals surface area contributed by atoms with Gasteiger partial charge in [-0.3, -0.25) is 4.98 Å². The maximum atomic E-state index is 14.2. The molecule has 1 aromatic heterocycles. The fraction of sp³-hybridized carbons (Fsp3) is 0.353. The Kier molecular flexibility index (Phi) is 6.19. The largest absolute Gasteiger partial charge is 0.372 e. The lowest BCUT2D eigenvalue weighted by Crippen LogP contribution is -2.26. The van der Waals surface area contributed by atoms with Gasteiger partial charge in [0.15, 0.2) is 11.6 Å². The number of nitrogens with two attached hydrogens (primary N) is 3. The van der Waals surface area contributed by atoms with E-state index in [0.717, 1.165) is 18.0 Å². The molecule has 2 rings (SSSR count). The smallest absolute Gasteiger partial charge is 0.153 e. The number of nitrogens with one attached hydrogen (secondary N) is 1. The molecule has 2 atom stereocenters. The maximum absolute atomic E-state index is 14.2. The average Bonchev–Trinajstić information content (AvgIpc) is 2.52. The second-order valence-corrected chi connectivity index (χ2v) is 5.81. The summed E-state index contributed by atoms with van der Waals surface area (Å²) >= 11 is 0. The number of nitrogens with zero attached hydrogens (tertiary/aromatic N) is 1. The number of pyridine rings is 1. The highest BCUT2D eigenvalue weighted by Crippen LogP contribution is 2.30. The Hall–Kier alpha value is -2.09. The number of hydrogen-bond acceptors (Lipinski definition) is 5. The van der Waals surface area contributed by atoms with Crippen molar-refractivity contribution in [2.45, 2.75) is 31.8 Å². The van der Waals surface area contributed by atoms with Crippen LogP contribution in [0.1, 0.15) is 25.3 Å². The monoisotopic (exact) mass is 335 g/mol. The van der Waals surface area contributed by atoms with Gasteiger partial charge in [0.25, 0.3) is 0 Å². The van der Waals surface area contributed by atoms with E-state index in [2.05, 4.69) is 10.3 Å². The highest BCUT2D eigenvalue weighted by atomic mass is 19.1. The second-order valence-electron chi connectivity index (χ2n) is 5.81. The minimum Gasteiger partial charge on any atom is -0.372 e. The van der Waals surface area contributed by atoms with Crippen LogP contribution in [0.15, 0.2) is 41.8 Å². The Morgan fingerprint density at radius 2 is 2.04 bits per heavy atom. The van der Waals surface area contributed by atoms with Crippen LogP contribution < -0.4 is 22.5 Å². The van der Waals surface area contributed by atoms with Crippen LogP contribution in [0.25, 0.3) is 5.70 Å². The molecular weight excluding hydrogens is 312 g/mol. The summed E-state index contributed by atoms with van der Waals surface area (Å²) in [7, 11) is 0. The highest BCUT2D eigenvalue weighted by molar-refractivity contribution is 5.73. The van der Waals surface area contributed by atoms with Crippen molar-refractivity contribution in [2.24, 2.45) is 17.2 Å². The third-order valence-electron chi connectivity index (χ3n) is 3.69. The van der Waals surface area contributed by atoms with Crippen molar-refractivity contribution in [1.29, 1.82) is 0 Å². The summed E-state index contributed by atoms with van der Waals surface area (Å²) in [6.45, 7) is 1.85. The first kappa shape index (κ1) is 18.3. The van der Waals surface area contributed by atoms with Gasteiger partial charge in [-0.25, -0.2) is 8.78 Å². The van der Waals surface area contributed by atoms with Crippen LogP contribution in [0.5, 0.6) is 0 Å². The van der Waals surface area contributed by atoms with Gasteiger partial charge in [0.05, 0.1) is 30.3 Å². The lowest BCUT2D eigenvalue weighted by atomic mass is 9.90. The van der Waals surface area contributed by atoms with Gasteiger partial charge in [-0.15, -0.1) is 0 Å². The molecule has 24 heavy (non-hydrogen) atoms. The zero-order chi connectivity index (χ0) is 17.7. The molecule has 130 valence electrons. The average molecular weight is 335 g/mol. The summed E-state index contributed by atoms with van der Waals surface area (Å²) in [5, 5.41) is 2.88. The summed E-state index contributed by atoms with van der Waals surface area (Å²) < 4.78 is 28.5. The highest BCUT2D eigenvalue weighted by Gasteiger charge is 2.21. The molecule has 0 saturated carbocycles. The van der Waals surface area contributed by atoms with Gasteiger partial charge >= 0.3 is 0 Å². The van der Waals surface area contributed by atoms with Crippen molar-refractivity contribution in [2.75, 3.05) is 6.67 Å². The molecule has 1 aliphatic rings. The van der Waals surface area contributed by atoms with Crippen LogP contribution in [0.3, 0.4) is 0 Å². The molecule has 7 heteroatoms. The maximum Gasteiger partial charge on any atom is 0.153 e. The minimum absolute atomic E-state index is 0.0233. The van der Waals surface area contributed by atoms with Crippen LogP contribution in [-0.2, 0) is 0 Å². The fourth-order valence-electron chi connectivity index (χ4n) is 2.65. The van der Waals surface area contributed by atoms with Gasteiger partial charge in [0.2, 0.25) is 0 Å². The standard InChI is InChI=1S/C17H23F2N5/c1-10(21)6-13(11-2-4-12(22)5-3-11)17(24-9-20)16-14(18)7-23-8-15(16)19/h2-4,7-8,10,12,24H,5-6,9,20-22H2,1H3/b17-13+. The van der Waals surface area contributed by atoms with E-state index in [1.54, 1.807) is 0 Å². The molecular formula is C17H23F2N5. The second kappa shape index (κ2) is 8.14. The van der Waals surface area contributed by atoms with Crippen molar-refractivity contribution < 1.29 is 8.78 Å². The van der Waals surface area contributed by atoms with Gasteiger partial charge < -0.3 is 22.5 Å². The molecule has 1 aliphatic carbocycles. The zero-order valence-corrected chi connectivity index (χ0v) is 13.6. The number of hydrogen-bond donors (Lipinski definition) is 4. The molecule has 0 amide bonds. The summed E-state index contributed by atoms with van der Waals surface area (Å²) in [5.74, 6) is -1.52. The lowest BCUT2D eigenvalue weighted by Gasteiger charge is -2.22. The van der Waals surface area contributed by atoms with Gasteiger partial charge in [0.1, 0.15) is 0 Å². The predicted molar refractivity (Wildman–Crippen MR) is 91.3 cm³/mol. The SMILES string of the molecule is CC(N)C/C(C1=CCC(N)C=C1)=C(\NCN)c1c(F)cncc1F. The van der Waals surface area contributed by atoms with Crippen molar-refractivity contribution >= 4 is 5.70 Å². The molecule has 0 bridgehead atoms. The van der Waals surface area contributed by atoms with Crippen molar-refractivity contribution in [3.05, 3.63) is 59.0 Å². The topological polar surface area (TPSA) is 103 Å². The Morgan fingerprint density at radius 1 is 1.38 bits per heavy atom.